The van der Waals surface area contributed by atoms with Gasteiger partial charge in [0.25, 0.3) is 0 Å². The van der Waals surface area contributed by atoms with Crippen molar-refractivity contribution in [2.45, 2.75) is 0 Å². The molecule has 7 aromatic carbocycles. The topological polar surface area (TPSA) is 61.0 Å². The Morgan fingerprint density at radius 3 is 1.87 bits per heavy atom. The molecule has 1 aliphatic heterocycles. The monoisotopic (exact) mass is 589 g/mol. The molecule has 0 N–H and O–H groups in total. The molecule has 0 amide bonds. The molecule has 46 heavy (non-hydrogen) atoms. The second-order valence-electron chi connectivity index (χ2n) is 11.6. The molecule has 0 aliphatic carbocycles. The lowest BCUT2D eigenvalue weighted by Crippen LogP contribution is -2.00. The molecule has 5 nitrogen and oxygen atoms in total. The third-order valence-corrected chi connectivity index (χ3v) is 8.88. The first-order valence-corrected chi connectivity index (χ1v) is 15.3. The largest absolute Gasteiger partial charge is 0.456 e. The number of benzene rings is 7. The molecule has 214 valence electrons. The van der Waals surface area contributed by atoms with E-state index in [9.17, 15) is 0 Å². The summed E-state index contributed by atoms with van der Waals surface area (Å²) >= 11 is 0. The highest BCUT2D eigenvalue weighted by molar-refractivity contribution is 6.25. The van der Waals surface area contributed by atoms with Crippen LogP contribution >= 0.6 is 0 Å². The maximum atomic E-state index is 6.65. The van der Waals surface area contributed by atoms with Gasteiger partial charge in [-0.25, -0.2) is 15.0 Å². The van der Waals surface area contributed by atoms with Gasteiger partial charge in [0, 0.05) is 33.0 Å². The molecule has 0 radical (unpaired) electrons. The lowest BCUT2D eigenvalue weighted by Gasteiger charge is -2.16. The maximum absolute atomic E-state index is 6.65. The minimum absolute atomic E-state index is 0.614. The summed E-state index contributed by atoms with van der Waals surface area (Å²) in [5.41, 5.74) is 6.45. The first-order valence-electron chi connectivity index (χ1n) is 15.3. The van der Waals surface area contributed by atoms with E-state index in [1.54, 1.807) is 0 Å². The molecule has 0 saturated heterocycles. The molecule has 0 bridgehead atoms. The van der Waals surface area contributed by atoms with E-state index in [-0.39, 0.29) is 0 Å². The van der Waals surface area contributed by atoms with Crippen LogP contribution in [0, 0.1) is 0 Å². The third-order valence-electron chi connectivity index (χ3n) is 8.88. The van der Waals surface area contributed by atoms with Crippen LogP contribution in [0.3, 0.4) is 0 Å². The Kier molecular flexibility index (Phi) is 5.22. The van der Waals surface area contributed by atoms with E-state index in [0.29, 0.717) is 17.5 Å². The van der Waals surface area contributed by atoms with Crippen molar-refractivity contribution in [2.24, 2.45) is 0 Å². The number of fused-ring (bicyclic) bond motifs is 1. The van der Waals surface area contributed by atoms with E-state index in [1.165, 1.54) is 0 Å². The smallest absolute Gasteiger partial charge is 0.164 e. The molecule has 9 aromatic rings. The number of hydrogen-bond donors (Lipinski definition) is 0. The number of rotatable bonds is 4. The summed E-state index contributed by atoms with van der Waals surface area (Å²) < 4.78 is 13.1. The zero-order valence-electron chi connectivity index (χ0n) is 24.4. The molecular formula is C41H23N3O2. The Labute approximate surface area is 263 Å². The van der Waals surface area contributed by atoms with Gasteiger partial charge in [-0.15, -0.1) is 0 Å². The van der Waals surface area contributed by atoms with Crippen LogP contribution in [-0.4, -0.2) is 15.0 Å². The van der Waals surface area contributed by atoms with Crippen molar-refractivity contribution in [3.63, 3.8) is 0 Å². The summed E-state index contributed by atoms with van der Waals surface area (Å²) in [6.07, 6.45) is 0. The normalized spacial score (nSPS) is 12.1. The molecule has 3 heterocycles. The number of hydrogen-bond acceptors (Lipinski definition) is 5. The standard InChI is InChI=1S/C41H23N3O2/c1-3-10-25(11-4-1)39-42-40(26-12-5-2-6-13-26)44-41(43-39)31-23-28(22-27-14-7-8-16-29(27)31)30-19-21-34-37-36-33(46-38(30)37)20-18-24-15-9-17-32(45-34)35(24)36/h1-23H. The quantitative estimate of drug-likeness (QED) is 0.204. The molecule has 1 aliphatic rings. The van der Waals surface area contributed by atoms with Crippen molar-refractivity contribution >= 4 is 43.5 Å². The van der Waals surface area contributed by atoms with Crippen LogP contribution in [0.4, 0.5) is 0 Å². The lowest BCUT2D eigenvalue weighted by atomic mass is 9.94. The van der Waals surface area contributed by atoms with Crippen LogP contribution in [0.25, 0.3) is 88.8 Å². The first kappa shape index (κ1) is 25.0. The minimum atomic E-state index is 0.614. The molecule has 5 heteroatoms. The van der Waals surface area contributed by atoms with Gasteiger partial charge in [-0.3, -0.25) is 0 Å². The Hall–Kier alpha value is -6.33. The number of nitrogens with zero attached hydrogens (tertiary/aromatic N) is 3. The van der Waals surface area contributed by atoms with E-state index in [4.69, 9.17) is 24.1 Å². The minimum Gasteiger partial charge on any atom is -0.456 e. The summed E-state index contributed by atoms with van der Waals surface area (Å²) in [6, 6.07) is 47.4. The van der Waals surface area contributed by atoms with E-state index in [0.717, 1.165) is 82.8 Å². The zero-order chi connectivity index (χ0) is 30.2. The summed E-state index contributed by atoms with van der Waals surface area (Å²) in [4.78, 5) is 15.1. The van der Waals surface area contributed by atoms with Crippen molar-refractivity contribution in [2.75, 3.05) is 0 Å². The van der Waals surface area contributed by atoms with Gasteiger partial charge in [0.05, 0.1) is 5.39 Å². The van der Waals surface area contributed by atoms with E-state index in [2.05, 4.69) is 66.7 Å². The van der Waals surface area contributed by atoms with Gasteiger partial charge in [0.1, 0.15) is 22.7 Å². The Morgan fingerprint density at radius 2 is 1.09 bits per heavy atom. The van der Waals surface area contributed by atoms with Gasteiger partial charge in [-0.2, -0.15) is 0 Å². The zero-order valence-corrected chi connectivity index (χ0v) is 24.4. The average Bonchev–Trinajstić information content (AvgIpc) is 3.53. The fourth-order valence-corrected chi connectivity index (χ4v) is 6.77. The highest BCUT2D eigenvalue weighted by Gasteiger charge is 2.25. The van der Waals surface area contributed by atoms with Crippen molar-refractivity contribution in [3.8, 4) is 56.8 Å². The molecule has 0 atom stereocenters. The Morgan fingerprint density at radius 1 is 0.413 bits per heavy atom. The highest BCUT2D eigenvalue weighted by atomic mass is 16.5. The van der Waals surface area contributed by atoms with E-state index >= 15 is 0 Å². The summed E-state index contributed by atoms with van der Waals surface area (Å²) in [5, 5.41) is 6.48. The summed E-state index contributed by atoms with van der Waals surface area (Å²) in [6.45, 7) is 0. The summed E-state index contributed by atoms with van der Waals surface area (Å²) in [7, 11) is 0. The van der Waals surface area contributed by atoms with Crippen molar-refractivity contribution in [3.05, 3.63) is 140 Å². The highest BCUT2D eigenvalue weighted by Crippen LogP contribution is 2.50. The van der Waals surface area contributed by atoms with Crippen LogP contribution in [0.5, 0.6) is 11.5 Å². The molecule has 0 spiro atoms. The Bertz CT molecular complexity index is 2610. The predicted octanol–water partition coefficient (Wildman–Crippen LogP) is 10.9. The fraction of sp³-hybridized carbons (Fsp3) is 0. The van der Waals surface area contributed by atoms with E-state index in [1.807, 2.05) is 72.8 Å². The lowest BCUT2D eigenvalue weighted by molar-refractivity contribution is 0.493. The van der Waals surface area contributed by atoms with Gasteiger partial charge in [-0.05, 0) is 58.1 Å². The van der Waals surface area contributed by atoms with Crippen LogP contribution < -0.4 is 4.74 Å². The first-order chi connectivity index (χ1) is 22.8. The van der Waals surface area contributed by atoms with Crippen LogP contribution in [0.2, 0.25) is 0 Å². The second-order valence-corrected chi connectivity index (χ2v) is 11.6. The fourth-order valence-electron chi connectivity index (χ4n) is 6.77. The molecule has 0 unspecified atom stereocenters. The maximum Gasteiger partial charge on any atom is 0.164 e. The second kappa shape index (κ2) is 9.58. The number of furan rings is 1. The van der Waals surface area contributed by atoms with Crippen molar-refractivity contribution < 1.29 is 9.15 Å². The molecule has 0 fully saturated rings. The van der Waals surface area contributed by atoms with Crippen molar-refractivity contribution in [1.82, 2.24) is 15.0 Å². The Balaban J connectivity index is 1.25. The average molecular weight is 590 g/mol. The summed E-state index contributed by atoms with van der Waals surface area (Å²) in [5.74, 6) is 3.54. The SMILES string of the molecule is c1ccc(-c2nc(-c3ccccc3)nc(-c3cc(-c4ccc5c6c4oc4ccc7cccc(c7c46)O5)cc4ccccc34)n2)cc1. The van der Waals surface area contributed by atoms with Gasteiger partial charge < -0.3 is 9.15 Å². The van der Waals surface area contributed by atoms with Gasteiger partial charge >= 0.3 is 0 Å². The van der Waals surface area contributed by atoms with Crippen molar-refractivity contribution in [1.29, 1.82) is 0 Å². The number of aromatic nitrogens is 3. The predicted molar refractivity (Wildman–Crippen MR) is 184 cm³/mol. The van der Waals surface area contributed by atoms with Crippen LogP contribution in [-0.2, 0) is 0 Å². The van der Waals surface area contributed by atoms with Gasteiger partial charge in [0.15, 0.2) is 17.5 Å². The van der Waals surface area contributed by atoms with Gasteiger partial charge in [0.2, 0.25) is 0 Å². The third kappa shape index (κ3) is 3.72. The van der Waals surface area contributed by atoms with Gasteiger partial charge in [-0.1, -0.05) is 103 Å². The molecule has 0 saturated carbocycles. The number of ether oxygens (including phenoxy) is 1. The van der Waals surface area contributed by atoms with Crippen LogP contribution in [0.15, 0.2) is 144 Å². The van der Waals surface area contributed by atoms with E-state index < -0.39 is 0 Å². The molecule has 2 aromatic heterocycles. The molecular weight excluding hydrogens is 566 g/mol. The molecule has 10 rings (SSSR count). The van der Waals surface area contributed by atoms with Crippen LogP contribution in [0.1, 0.15) is 0 Å².